The highest BCUT2D eigenvalue weighted by molar-refractivity contribution is 5.97. The SMILES string of the molecule is CC1C(=O)N2CCCCC2C(=O)N1C1CCC(C)(C)CC1. The van der Waals surface area contributed by atoms with Crippen LogP contribution in [0, 0.1) is 5.41 Å². The Morgan fingerprint density at radius 1 is 1.00 bits per heavy atom. The van der Waals surface area contributed by atoms with E-state index in [0.29, 0.717) is 5.41 Å². The molecule has 21 heavy (non-hydrogen) atoms. The Morgan fingerprint density at radius 2 is 1.67 bits per heavy atom. The lowest BCUT2D eigenvalue weighted by molar-refractivity contribution is -0.166. The predicted molar refractivity (Wildman–Crippen MR) is 81.7 cm³/mol. The van der Waals surface area contributed by atoms with Crippen LogP contribution < -0.4 is 0 Å². The van der Waals surface area contributed by atoms with Crippen molar-refractivity contribution in [3.8, 4) is 0 Å². The first-order chi connectivity index (χ1) is 9.91. The van der Waals surface area contributed by atoms with E-state index in [1.165, 1.54) is 0 Å². The van der Waals surface area contributed by atoms with Gasteiger partial charge >= 0.3 is 0 Å². The molecule has 4 nitrogen and oxygen atoms in total. The standard InChI is InChI=1S/C17H28N2O2/c1-12-15(20)18-11-5-4-6-14(18)16(21)19(12)13-7-9-17(2,3)10-8-13/h12-14H,4-11H2,1-3H3. The van der Waals surface area contributed by atoms with Crippen molar-refractivity contribution in [3.05, 3.63) is 0 Å². The average Bonchev–Trinajstić information content (AvgIpc) is 2.47. The topological polar surface area (TPSA) is 40.6 Å². The minimum absolute atomic E-state index is 0.169. The number of fused-ring (bicyclic) bond motifs is 1. The van der Waals surface area contributed by atoms with Crippen LogP contribution in [0.1, 0.15) is 65.7 Å². The Bertz CT molecular complexity index is 436. The van der Waals surface area contributed by atoms with E-state index in [0.717, 1.165) is 51.5 Å². The van der Waals surface area contributed by atoms with E-state index in [1.807, 2.05) is 16.7 Å². The zero-order chi connectivity index (χ0) is 15.2. The Morgan fingerprint density at radius 3 is 2.33 bits per heavy atom. The second-order valence-electron chi connectivity index (χ2n) is 7.86. The molecule has 3 fully saturated rings. The van der Waals surface area contributed by atoms with Gasteiger partial charge in [0.2, 0.25) is 11.8 Å². The van der Waals surface area contributed by atoms with Gasteiger partial charge in [-0.15, -0.1) is 0 Å². The van der Waals surface area contributed by atoms with E-state index in [9.17, 15) is 9.59 Å². The summed E-state index contributed by atoms with van der Waals surface area (Å²) in [5.41, 5.74) is 0.388. The molecule has 1 saturated carbocycles. The number of piperazine rings is 1. The molecule has 2 unspecified atom stereocenters. The third kappa shape index (κ3) is 2.58. The Balaban J connectivity index is 1.78. The predicted octanol–water partition coefficient (Wildman–Crippen LogP) is 2.57. The highest BCUT2D eigenvalue weighted by atomic mass is 16.2. The second kappa shape index (κ2) is 5.29. The summed E-state index contributed by atoms with van der Waals surface area (Å²) in [5.74, 6) is 0.385. The summed E-state index contributed by atoms with van der Waals surface area (Å²) in [6, 6.07) is -0.163. The normalized spacial score (nSPS) is 34.0. The lowest BCUT2D eigenvalue weighted by Crippen LogP contribution is -2.67. The highest BCUT2D eigenvalue weighted by Gasteiger charge is 2.47. The molecular formula is C17H28N2O2. The van der Waals surface area contributed by atoms with Gasteiger partial charge in [0, 0.05) is 12.6 Å². The van der Waals surface area contributed by atoms with Crippen molar-refractivity contribution in [1.29, 1.82) is 0 Å². The molecule has 2 amide bonds. The van der Waals surface area contributed by atoms with Crippen molar-refractivity contribution in [2.75, 3.05) is 6.54 Å². The number of amides is 2. The quantitative estimate of drug-likeness (QED) is 0.745. The lowest BCUT2D eigenvalue weighted by atomic mass is 9.74. The molecule has 0 N–H and O–H groups in total. The maximum atomic E-state index is 12.9. The summed E-state index contributed by atoms with van der Waals surface area (Å²) in [6.45, 7) is 7.30. The largest absolute Gasteiger partial charge is 0.329 e. The van der Waals surface area contributed by atoms with Crippen molar-refractivity contribution in [2.45, 2.75) is 83.8 Å². The second-order valence-corrected chi connectivity index (χ2v) is 7.86. The van der Waals surface area contributed by atoms with E-state index in [1.54, 1.807) is 0 Å². The molecule has 0 radical (unpaired) electrons. The summed E-state index contributed by atoms with van der Waals surface area (Å²) in [7, 11) is 0. The molecule has 0 aromatic heterocycles. The molecule has 0 aromatic carbocycles. The van der Waals surface area contributed by atoms with Gasteiger partial charge in [-0.2, -0.15) is 0 Å². The molecular weight excluding hydrogens is 264 g/mol. The van der Waals surface area contributed by atoms with Gasteiger partial charge in [0.1, 0.15) is 12.1 Å². The van der Waals surface area contributed by atoms with Crippen molar-refractivity contribution in [2.24, 2.45) is 5.41 Å². The number of hydrogen-bond donors (Lipinski definition) is 0. The van der Waals surface area contributed by atoms with Crippen LogP contribution in [0.5, 0.6) is 0 Å². The fraction of sp³-hybridized carbons (Fsp3) is 0.882. The van der Waals surface area contributed by atoms with Gasteiger partial charge in [0.15, 0.2) is 0 Å². The summed E-state index contributed by atoms with van der Waals surface area (Å²) in [4.78, 5) is 29.3. The van der Waals surface area contributed by atoms with Gasteiger partial charge in [0.05, 0.1) is 0 Å². The maximum absolute atomic E-state index is 12.9. The third-order valence-corrected chi connectivity index (χ3v) is 5.80. The van der Waals surface area contributed by atoms with Gasteiger partial charge in [0.25, 0.3) is 0 Å². The van der Waals surface area contributed by atoms with Gasteiger partial charge in [-0.25, -0.2) is 0 Å². The highest BCUT2D eigenvalue weighted by Crippen LogP contribution is 2.39. The number of carbonyl (C=O) groups excluding carboxylic acids is 2. The minimum atomic E-state index is -0.266. The van der Waals surface area contributed by atoms with Gasteiger partial charge in [-0.3, -0.25) is 9.59 Å². The van der Waals surface area contributed by atoms with Crippen LogP contribution >= 0.6 is 0 Å². The van der Waals surface area contributed by atoms with Crippen LogP contribution in [0.3, 0.4) is 0 Å². The lowest BCUT2D eigenvalue weighted by Gasteiger charge is -2.50. The van der Waals surface area contributed by atoms with Crippen LogP contribution in [0.25, 0.3) is 0 Å². The van der Waals surface area contributed by atoms with Crippen LogP contribution in [0.2, 0.25) is 0 Å². The summed E-state index contributed by atoms with van der Waals surface area (Å²) in [6.07, 6.45) is 7.35. The average molecular weight is 292 g/mol. The molecule has 2 heterocycles. The van der Waals surface area contributed by atoms with Crippen molar-refractivity contribution in [3.63, 3.8) is 0 Å². The van der Waals surface area contributed by atoms with Gasteiger partial charge in [-0.05, 0) is 57.3 Å². The monoisotopic (exact) mass is 292 g/mol. The van der Waals surface area contributed by atoms with Crippen LogP contribution in [-0.2, 0) is 9.59 Å². The van der Waals surface area contributed by atoms with Gasteiger partial charge in [-0.1, -0.05) is 13.8 Å². The van der Waals surface area contributed by atoms with Crippen molar-refractivity contribution in [1.82, 2.24) is 9.80 Å². The molecule has 3 rings (SSSR count). The van der Waals surface area contributed by atoms with E-state index in [4.69, 9.17) is 0 Å². The summed E-state index contributed by atoms with van der Waals surface area (Å²) in [5, 5.41) is 0. The number of piperidine rings is 1. The molecule has 2 saturated heterocycles. The van der Waals surface area contributed by atoms with Crippen LogP contribution in [0.4, 0.5) is 0 Å². The van der Waals surface area contributed by atoms with Crippen LogP contribution in [-0.4, -0.2) is 46.3 Å². The molecule has 2 aliphatic heterocycles. The molecule has 1 aliphatic carbocycles. The molecule has 0 bridgehead atoms. The first kappa shape index (κ1) is 14.9. The van der Waals surface area contributed by atoms with Crippen molar-refractivity contribution >= 4 is 11.8 Å². The number of nitrogens with zero attached hydrogens (tertiary/aromatic N) is 2. The van der Waals surface area contributed by atoms with E-state index in [-0.39, 0.29) is 29.9 Å². The minimum Gasteiger partial charge on any atom is -0.329 e. The molecule has 0 aromatic rings. The van der Waals surface area contributed by atoms with Gasteiger partial charge < -0.3 is 9.80 Å². The smallest absolute Gasteiger partial charge is 0.246 e. The van der Waals surface area contributed by atoms with Crippen LogP contribution in [0.15, 0.2) is 0 Å². The Hall–Kier alpha value is -1.06. The third-order valence-electron chi connectivity index (χ3n) is 5.80. The molecule has 2 atom stereocenters. The van der Waals surface area contributed by atoms with E-state index in [2.05, 4.69) is 13.8 Å². The zero-order valence-electron chi connectivity index (χ0n) is 13.6. The fourth-order valence-corrected chi connectivity index (χ4v) is 4.33. The number of carbonyl (C=O) groups is 2. The molecule has 3 aliphatic rings. The Kier molecular flexibility index (Phi) is 3.74. The van der Waals surface area contributed by atoms with E-state index < -0.39 is 0 Å². The Labute approximate surface area is 127 Å². The van der Waals surface area contributed by atoms with E-state index >= 15 is 0 Å². The molecule has 4 heteroatoms. The summed E-state index contributed by atoms with van der Waals surface area (Å²) < 4.78 is 0. The first-order valence-electron chi connectivity index (χ1n) is 8.53. The molecule has 118 valence electrons. The summed E-state index contributed by atoms with van der Waals surface area (Å²) >= 11 is 0. The van der Waals surface area contributed by atoms with Crippen molar-refractivity contribution < 1.29 is 9.59 Å². The first-order valence-corrected chi connectivity index (χ1v) is 8.53. The zero-order valence-corrected chi connectivity index (χ0v) is 13.6. The molecule has 0 spiro atoms. The number of rotatable bonds is 1. The fourth-order valence-electron chi connectivity index (χ4n) is 4.33. The number of hydrogen-bond acceptors (Lipinski definition) is 2. The maximum Gasteiger partial charge on any atom is 0.246 e.